The van der Waals surface area contributed by atoms with E-state index in [0.29, 0.717) is 16.8 Å². The molecule has 4 aromatic rings. The molecule has 0 radical (unpaired) electrons. The maximum atomic E-state index is 13.4. The molecule has 5 nitrogen and oxygen atoms in total. The lowest BCUT2D eigenvalue weighted by atomic mass is 9.99. The lowest BCUT2D eigenvalue weighted by Crippen LogP contribution is -2.29. The lowest BCUT2D eigenvalue weighted by molar-refractivity contribution is -0.137. The Kier molecular flexibility index (Phi) is 6.39. The first-order chi connectivity index (χ1) is 16.6. The molecule has 1 heterocycles. The molecule has 0 fully saturated rings. The first-order valence-electron chi connectivity index (χ1n) is 10.9. The van der Waals surface area contributed by atoms with Gasteiger partial charge < -0.3 is 15.0 Å². The van der Waals surface area contributed by atoms with Crippen molar-refractivity contribution >= 4 is 22.8 Å². The number of halogens is 3. The molecule has 3 aromatic carbocycles. The molecule has 35 heavy (non-hydrogen) atoms. The fourth-order valence-electron chi connectivity index (χ4n) is 4.26. The molecule has 0 aliphatic rings. The summed E-state index contributed by atoms with van der Waals surface area (Å²) in [5, 5.41) is 12.8. The standard InChI is InChI=1S/C27H23F3N2O3/c1-16(18-10-12-19(13-11-18)26(34)35)31-25(33)24-22(21-8-3-4-9-23(21)32(24)2)15-17-6-5-7-20(14-17)27(28,29)30/h3-14,16H,15H2,1-2H3,(H,31,33)(H,34,35)/t16-/m0/s1. The number of para-hydroxylation sites is 1. The SMILES string of the molecule is C[C@H](NC(=O)c1c(Cc2cccc(C(F)(F)F)c2)c2ccccc2n1C)c1ccc(C(=O)O)cc1. The summed E-state index contributed by atoms with van der Waals surface area (Å²) < 4.78 is 41.5. The van der Waals surface area contributed by atoms with E-state index in [4.69, 9.17) is 5.11 Å². The molecule has 2 N–H and O–H groups in total. The second kappa shape index (κ2) is 9.29. The Bertz CT molecular complexity index is 1410. The molecule has 0 saturated heterocycles. The number of fused-ring (bicyclic) bond motifs is 1. The van der Waals surface area contributed by atoms with Gasteiger partial charge in [-0.25, -0.2) is 4.79 Å². The first-order valence-corrected chi connectivity index (χ1v) is 10.9. The zero-order chi connectivity index (χ0) is 25.3. The highest BCUT2D eigenvalue weighted by molar-refractivity contribution is 6.02. The molecule has 1 aromatic heterocycles. The monoisotopic (exact) mass is 480 g/mol. The normalized spacial score (nSPS) is 12.5. The third kappa shape index (κ3) is 4.91. The molecule has 0 unspecified atom stereocenters. The van der Waals surface area contributed by atoms with Gasteiger partial charge in [-0.15, -0.1) is 0 Å². The Balaban J connectivity index is 1.69. The number of alkyl halides is 3. The molecule has 180 valence electrons. The lowest BCUT2D eigenvalue weighted by Gasteiger charge is -2.16. The van der Waals surface area contributed by atoms with Gasteiger partial charge in [-0.1, -0.05) is 48.5 Å². The summed E-state index contributed by atoms with van der Waals surface area (Å²) in [7, 11) is 1.75. The predicted molar refractivity (Wildman–Crippen MR) is 126 cm³/mol. The maximum Gasteiger partial charge on any atom is 0.416 e. The Hall–Kier alpha value is -4.07. The summed E-state index contributed by atoms with van der Waals surface area (Å²) in [6, 6.07) is 18.3. The van der Waals surface area contributed by atoms with Crippen LogP contribution >= 0.6 is 0 Å². The van der Waals surface area contributed by atoms with Crippen molar-refractivity contribution in [1.82, 2.24) is 9.88 Å². The van der Waals surface area contributed by atoms with Crippen LogP contribution in [-0.2, 0) is 19.6 Å². The van der Waals surface area contributed by atoms with E-state index in [1.54, 1.807) is 36.7 Å². The van der Waals surface area contributed by atoms with Gasteiger partial charge in [0.25, 0.3) is 5.91 Å². The van der Waals surface area contributed by atoms with E-state index in [-0.39, 0.29) is 17.9 Å². The van der Waals surface area contributed by atoms with Crippen LogP contribution in [0.4, 0.5) is 13.2 Å². The van der Waals surface area contributed by atoms with Crippen molar-refractivity contribution in [3.8, 4) is 0 Å². The number of carboxylic acids is 1. The summed E-state index contributed by atoms with van der Waals surface area (Å²) >= 11 is 0. The number of rotatable bonds is 6. The summed E-state index contributed by atoms with van der Waals surface area (Å²) in [6.45, 7) is 1.78. The number of aromatic nitrogens is 1. The second-order valence-electron chi connectivity index (χ2n) is 8.40. The minimum absolute atomic E-state index is 0.143. The van der Waals surface area contributed by atoms with Gasteiger partial charge in [0.2, 0.25) is 0 Å². The third-order valence-electron chi connectivity index (χ3n) is 6.07. The number of benzene rings is 3. The molecule has 1 atom stereocenters. The Morgan fingerprint density at radius 2 is 1.69 bits per heavy atom. The Labute approximate surface area is 199 Å². The van der Waals surface area contributed by atoms with Gasteiger partial charge in [0, 0.05) is 24.4 Å². The Morgan fingerprint density at radius 3 is 2.34 bits per heavy atom. The average Bonchev–Trinajstić information content (AvgIpc) is 3.10. The van der Waals surface area contributed by atoms with Crippen LogP contribution in [0.2, 0.25) is 0 Å². The smallest absolute Gasteiger partial charge is 0.416 e. The minimum Gasteiger partial charge on any atom is -0.478 e. The number of nitrogens with one attached hydrogen (secondary N) is 1. The number of carboxylic acid groups (broad SMARTS) is 1. The van der Waals surface area contributed by atoms with Crippen molar-refractivity contribution in [3.63, 3.8) is 0 Å². The van der Waals surface area contributed by atoms with Crippen molar-refractivity contribution in [2.45, 2.75) is 25.6 Å². The summed E-state index contributed by atoms with van der Waals surface area (Å²) in [6.07, 6.45) is -4.31. The zero-order valence-corrected chi connectivity index (χ0v) is 19.1. The number of amides is 1. The van der Waals surface area contributed by atoms with Crippen LogP contribution < -0.4 is 5.32 Å². The van der Waals surface area contributed by atoms with Crippen LogP contribution in [0.5, 0.6) is 0 Å². The van der Waals surface area contributed by atoms with Gasteiger partial charge in [0.15, 0.2) is 0 Å². The molecule has 1 amide bonds. The topological polar surface area (TPSA) is 71.3 Å². The second-order valence-corrected chi connectivity index (χ2v) is 8.40. The van der Waals surface area contributed by atoms with Crippen molar-refractivity contribution in [2.75, 3.05) is 0 Å². The zero-order valence-electron chi connectivity index (χ0n) is 19.1. The van der Waals surface area contributed by atoms with Crippen molar-refractivity contribution < 1.29 is 27.9 Å². The van der Waals surface area contributed by atoms with Gasteiger partial charge in [-0.2, -0.15) is 13.2 Å². The molecular weight excluding hydrogens is 457 g/mol. The molecule has 0 bridgehead atoms. The van der Waals surface area contributed by atoms with Crippen molar-refractivity contribution in [1.29, 1.82) is 0 Å². The first kappa shape index (κ1) is 24.1. The molecular formula is C27H23F3N2O3. The number of nitrogens with zero attached hydrogens (tertiary/aromatic N) is 1. The number of carbonyl (C=O) groups is 2. The van der Waals surface area contributed by atoms with Crippen LogP contribution in [0, 0.1) is 0 Å². The van der Waals surface area contributed by atoms with Crippen LogP contribution in [0.3, 0.4) is 0 Å². The average molecular weight is 480 g/mol. The quantitative estimate of drug-likeness (QED) is 0.357. The fourth-order valence-corrected chi connectivity index (χ4v) is 4.26. The van der Waals surface area contributed by atoms with Crippen LogP contribution in [0.1, 0.15) is 56.1 Å². The van der Waals surface area contributed by atoms with Gasteiger partial charge in [0.1, 0.15) is 5.69 Å². The van der Waals surface area contributed by atoms with E-state index in [1.165, 1.54) is 18.2 Å². The highest BCUT2D eigenvalue weighted by atomic mass is 19.4. The molecule has 0 saturated carbocycles. The number of aromatic carboxylic acids is 1. The number of hydrogen-bond donors (Lipinski definition) is 2. The minimum atomic E-state index is -4.46. The van der Waals surface area contributed by atoms with Crippen molar-refractivity contribution in [3.05, 3.63) is 106 Å². The highest BCUT2D eigenvalue weighted by Gasteiger charge is 2.30. The fraction of sp³-hybridized carbons (Fsp3) is 0.185. The van der Waals surface area contributed by atoms with Gasteiger partial charge >= 0.3 is 12.1 Å². The molecule has 8 heteroatoms. The molecule has 0 spiro atoms. The maximum absolute atomic E-state index is 13.4. The van der Waals surface area contributed by atoms with E-state index in [2.05, 4.69) is 5.32 Å². The molecule has 0 aliphatic heterocycles. The van der Waals surface area contributed by atoms with Crippen LogP contribution in [-0.4, -0.2) is 21.6 Å². The van der Waals surface area contributed by atoms with Gasteiger partial charge in [0.05, 0.1) is 17.2 Å². The predicted octanol–water partition coefficient (Wildman–Crippen LogP) is 5.98. The number of hydrogen-bond acceptors (Lipinski definition) is 2. The number of carbonyl (C=O) groups excluding carboxylic acids is 1. The third-order valence-corrected chi connectivity index (χ3v) is 6.07. The summed E-state index contributed by atoms with van der Waals surface area (Å²) in [5.41, 5.74) is 2.36. The van der Waals surface area contributed by atoms with E-state index < -0.39 is 23.8 Å². The van der Waals surface area contributed by atoms with Crippen molar-refractivity contribution in [2.24, 2.45) is 7.05 Å². The largest absolute Gasteiger partial charge is 0.478 e. The van der Waals surface area contributed by atoms with Crippen LogP contribution in [0.15, 0.2) is 72.8 Å². The van der Waals surface area contributed by atoms with E-state index in [0.717, 1.165) is 28.6 Å². The van der Waals surface area contributed by atoms with Gasteiger partial charge in [-0.3, -0.25) is 4.79 Å². The van der Waals surface area contributed by atoms with E-state index in [1.807, 2.05) is 24.3 Å². The highest BCUT2D eigenvalue weighted by Crippen LogP contribution is 2.32. The summed E-state index contributed by atoms with van der Waals surface area (Å²) in [4.78, 5) is 24.5. The van der Waals surface area contributed by atoms with Gasteiger partial charge in [-0.05, 0) is 47.9 Å². The Morgan fingerprint density at radius 1 is 1.00 bits per heavy atom. The molecule has 4 rings (SSSR count). The number of aryl methyl sites for hydroxylation is 1. The molecule has 0 aliphatic carbocycles. The summed E-state index contributed by atoms with van der Waals surface area (Å²) in [5.74, 6) is -1.41. The van der Waals surface area contributed by atoms with Crippen LogP contribution in [0.25, 0.3) is 10.9 Å². The van der Waals surface area contributed by atoms with E-state index in [9.17, 15) is 22.8 Å². The van der Waals surface area contributed by atoms with E-state index >= 15 is 0 Å².